The molecule has 2 atom stereocenters. The van der Waals surface area contributed by atoms with Gasteiger partial charge in [0, 0.05) is 48.7 Å². The average molecular weight is 528 g/mol. The first kappa shape index (κ1) is 28.2. The third-order valence-electron chi connectivity index (χ3n) is 5.42. The minimum Gasteiger partial charge on any atom is -0.487 e. The number of halogens is 2. The SMILES string of the molecule is CCO[C@H](C(=O)N[C@H](OC)c1ccc(C(=N)N)cc1C(N)=O)c1c(F)cc(OCc2ccccn2)cc1F. The monoisotopic (exact) mass is 527 g/mol. The van der Waals surface area contributed by atoms with E-state index in [1.807, 2.05) is 0 Å². The van der Waals surface area contributed by atoms with Crippen LogP contribution in [-0.4, -0.2) is 36.4 Å². The molecule has 0 unspecified atom stereocenters. The van der Waals surface area contributed by atoms with Gasteiger partial charge < -0.3 is 31.0 Å². The fourth-order valence-corrected chi connectivity index (χ4v) is 3.63. The first-order valence-electron chi connectivity index (χ1n) is 11.4. The summed E-state index contributed by atoms with van der Waals surface area (Å²) in [5, 5.41) is 10.0. The number of carbonyl (C=O) groups is 2. The Bertz CT molecular complexity index is 1300. The fraction of sp³-hybridized carbons (Fsp3) is 0.231. The number of hydrogen-bond acceptors (Lipinski definition) is 7. The summed E-state index contributed by atoms with van der Waals surface area (Å²) in [6, 6.07) is 11.2. The summed E-state index contributed by atoms with van der Waals surface area (Å²) in [5.41, 5.74) is 11.2. The predicted octanol–water partition coefficient (Wildman–Crippen LogP) is 2.86. The van der Waals surface area contributed by atoms with Crippen LogP contribution in [0.2, 0.25) is 0 Å². The van der Waals surface area contributed by atoms with Crippen molar-refractivity contribution in [3.8, 4) is 5.75 Å². The summed E-state index contributed by atoms with van der Waals surface area (Å²) in [5.74, 6) is -4.33. The number of rotatable bonds is 12. The molecular weight excluding hydrogens is 500 g/mol. The van der Waals surface area contributed by atoms with E-state index in [9.17, 15) is 9.59 Å². The molecule has 0 aliphatic heterocycles. The summed E-state index contributed by atoms with van der Waals surface area (Å²) < 4.78 is 46.3. The predicted molar refractivity (Wildman–Crippen MR) is 133 cm³/mol. The van der Waals surface area contributed by atoms with Crippen LogP contribution in [0.15, 0.2) is 54.7 Å². The Hall–Kier alpha value is -4.42. The van der Waals surface area contributed by atoms with E-state index < -0.39 is 41.3 Å². The van der Waals surface area contributed by atoms with Crippen molar-refractivity contribution >= 4 is 17.6 Å². The summed E-state index contributed by atoms with van der Waals surface area (Å²) in [7, 11) is 1.25. The maximum atomic E-state index is 15.1. The van der Waals surface area contributed by atoms with Crippen LogP contribution in [-0.2, 0) is 20.9 Å². The number of carbonyl (C=O) groups excluding carboxylic acids is 2. The molecule has 200 valence electrons. The summed E-state index contributed by atoms with van der Waals surface area (Å²) in [6.45, 7) is 1.49. The Morgan fingerprint density at radius 3 is 2.37 bits per heavy atom. The highest BCUT2D eigenvalue weighted by molar-refractivity contribution is 6.00. The molecule has 0 aliphatic carbocycles. The first-order valence-corrected chi connectivity index (χ1v) is 11.4. The van der Waals surface area contributed by atoms with Gasteiger partial charge in [0.1, 0.15) is 29.8 Å². The molecule has 2 aromatic carbocycles. The van der Waals surface area contributed by atoms with Crippen molar-refractivity contribution in [1.82, 2.24) is 10.3 Å². The minimum atomic E-state index is -1.70. The quantitative estimate of drug-likeness (QED) is 0.160. The van der Waals surface area contributed by atoms with Crippen LogP contribution in [0.25, 0.3) is 0 Å². The van der Waals surface area contributed by atoms with Crippen molar-refractivity contribution in [2.45, 2.75) is 25.9 Å². The number of hydrogen-bond donors (Lipinski definition) is 4. The Morgan fingerprint density at radius 1 is 1.11 bits per heavy atom. The van der Waals surface area contributed by atoms with Crippen molar-refractivity contribution in [1.29, 1.82) is 5.41 Å². The van der Waals surface area contributed by atoms with Crippen LogP contribution in [0.5, 0.6) is 5.75 Å². The number of nitrogen functional groups attached to an aromatic ring is 1. The van der Waals surface area contributed by atoms with Gasteiger partial charge in [-0.15, -0.1) is 0 Å². The summed E-state index contributed by atoms with van der Waals surface area (Å²) in [6.07, 6.45) is -1.39. The molecule has 0 saturated carbocycles. The van der Waals surface area contributed by atoms with Crippen molar-refractivity contribution in [3.05, 3.63) is 94.3 Å². The average Bonchev–Trinajstić information content (AvgIpc) is 2.89. The number of nitrogens with zero attached hydrogens (tertiary/aromatic N) is 1. The molecule has 0 bridgehead atoms. The number of pyridine rings is 1. The van der Waals surface area contributed by atoms with Gasteiger partial charge in [-0.05, 0) is 25.1 Å². The molecule has 1 aromatic heterocycles. The number of nitrogens with one attached hydrogen (secondary N) is 2. The fourth-order valence-electron chi connectivity index (χ4n) is 3.63. The molecule has 12 heteroatoms. The van der Waals surface area contributed by atoms with Gasteiger partial charge in [0.2, 0.25) is 5.91 Å². The molecule has 0 radical (unpaired) electrons. The van der Waals surface area contributed by atoms with E-state index in [2.05, 4.69) is 10.3 Å². The lowest BCUT2D eigenvalue weighted by Gasteiger charge is -2.24. The van der Waals surface area contributed by atoms with Gasteiger partial charge >= 0.3 is 0 Å². The van der Waals surface area contributed by atoms with Crippen molar-refractivity contribution in [2.24, 2.45) is 11.5 Å². The number of nitrogens with two attached hydrogens (primary N) is 2. The zero-order chi connectivity index (χ0) is 27.8. The molecule has 3 aromatic rings. The lowest BCUT2D eigenvalue weighted by atomic mass is 10.0. The molecule has 38 heavy (non-hydrogen) atoms. The Morgan fingerprint density at radius 2 is 1.82 bits per heavy atom. The van der Waals surface area contributed by atoms with E-state index >= 15 is 8.78 Å². The molecule has 0 fully saturated rings. The smallest absolute Gasteiger partial charge is 0.256 e. The van der Waals surface area contributed by atoms with E-state index in [1.54, 1.807) is 31.3 Å². The zero-order valence-electron chi connectivity index (χ0n) is 20.7. The van der Waals surface area contributed by atoms with E-state index in [1.165, 1.54) is 25.3 Å². The van der Waals surface area contributed by atoms with Crippen molar-refractivity contribution < 1.29 is 32.6 Å². The lowest BCUT2D eigenvalue weighted by molar-refractivity contribution is -0.137. The van der Waals surface area contributed by atoms with Gasteiger partial charge in [-0.1, -0.05) is 18.2 Å². The van der Waals surface area contributed by atoms with Crippen LogP contribution < -0.4 is 21.5 Å². The topological polar surface area (TPSA) is 163 Å². The first-order chi connectivity index (χ1) is 18.2. The molecular formula is C26H27F2N5O5. The van der Waals surface area contributed by atoms with Gasteiger partial charge in [-0.3, -0.25) is 20.0 Å². The molecule has 0 spiro atoms. The highest BCUT2D eigenvalue weighted by atomic mass is 19.1. The molecule has 0 aliphatic rings. The number of methoxy groups -OCH3 is 1. The highest BCUT2D eigenvalue weighted by Gasteiger charge is 2.31. The summed E-state index contributed by atoms with van der Waals surface area (Å²) >= 11 is 0. The second-order valence-electron chi connectivity index (χ2n) is 7.95. The largest absolute Gasteiger partial charge is 0.487 e. The van der Waals surface area contributed by atoms with Gasteiger partial charge in [-0.2, -0.15) is 0 Å². The van der Waals surface area contributed by atoms with Crippen LogP contribution in [0.3, 0.4) is 0 Å². The van der Waals surface area contributed by atoms with Crippen LogP contribution in [0.4, 0.5) is 8.78 Å². The lowest BCUT2D eigenvalue weighted by Crippen LogP contribution is -2.36. The standard InChI is InChI=1S/C26H27F2N5O5/c1-3-37-22(21-19(27)11-16(12-20(21)28)38-13-15-6-4-5-9-32-15)25(35)33-26(36-2)17-8-7-14(23(29)30)10-18(17)24(31)34/h4-12,22,26H,3,13H2,1-2H3,(H3,29,30)(H2,31,34)(H,33,35)/t22-,26+/m0/s1. The van der Waals surface area contributed by atoms with E-state index in [-0.39, 0.29) is 41.5 Å². The van der Waals surface area contributed by atoms with E-state index in [0.29, 0.717) is 5.69 Å². The normalized spacial score (nSPS) is 12.4. The van der Waals surface area contributed by atoms with Crippen LogP contribution >= 0.6 is 0 Å². The highest BCUT2D eigenvalue weighted by Crippen LogP contribution is 2.30. The molecule has 6 N–H and O–H groups in total. The molecule has 10 nitrogen and oxygen atoms in total. The molecule has 0 saturated heterocycles. The second-order valence-corrected chi connectivity index (χ2v) is 7.95. The van der Waals surface area contributed by atoms with Gasteiger partial charge in [0.15, 0.2) is 12.3 Å². The van der Waals surface area contributed by atoms with E-state index in [0.717, 1.165) is 12.1 Å². The van der Waals surface area contributed by atoms with Crippen molar-refractivity contribution in [2.75, 3.05) is 13.7 Å². The van der Waals surface area contributed by atoms with E-state index in [4.69, 9.17) is 31.1 Å². The van der Waals surface area contributed by atoms with Crippen LogP contribution in [0.1, 0.15) is 52.0 Å². The maximum Gasteiger partial charge on any atom is 0.256 e. The minimum absolute atomic E-state index is 0.0193. The number of aromatic nitrogens is 1. The number of primary amides is 1. The Kier molecular flexibility index (Phi) is 9.41. The number of amidine groups is 1. The molecule has 3 rings (SSSR count). The van der Waals surface area contributed by atoms with Crippen molar-refractivity contribution in [3.63, 3.8) is 0 Å². The zero-order valence-corrected chi connectivity index (χ0v) is 20.7. The van der Waals surface area contributed by atoms with Crippen LogP contribution in [0, 0.1) is 17.0 Å². The maximum absolute atomic E-state index is 15.1. The third-order valence-corrected chi connectivity index (χ3v) is 5.42. The van der Waals surface area contributed by atoms with Gasteiger partial charge in [0.05, 0.1) is 11.3 Å². The summed E-state index contributed by atoms with van der Waals surface area (Å²) in [4.78, 5) is 29.3. The number of amides is 2. The molecule has 1 heterocycles. The second kappa shape index (κ2) is 12.7. The van der Waals surface area contributed by atoms with Gasteiger partial charge in [0.25, 0.3) is 5.91 Å². The number of benzene rings is 2. The number of ether oxygens (including phenoxy) is 3. The van der Waals surface area contributed by atoms with Gasteiger partial charge in [-0.25, -0.2) is 8.78 Å². The Labute approximate surface area is 217 Å². The third kappa shape index (κ3) is 6.66. The Balaban J connectivity index is 1.87. The molecule has 2 amide bonds.